The molecule has 0 spiro atoms. The summed E-state index contributed by atoms with van der Waals surface area (Å²) < 4.78 is 27.5. The average Bonchev–Trinajstić information content (AvgIpc) is 3.09. The first-order valence-electron chi connectivity index (χ1n) is 8.55. The van der Waals surface area contributed by atoms with Crippen LogP contribution in [0.15, 0.2) is 28.1 Å². The van der Waals surface area contributed by atoms with Crippen molar-refractivity contribution < 1.29 is 8.42 Å². The van der Waals surface area contributed by atoms with Crippen LogP contribution in [0.3, 0.4) is 0 Å². The number of nitrogens with one attached hydrogen (secondary N) is 3. The summed E-state index contributed by atoms with van der Waals surface area (Å²) >= 11 is 1.99. The maximum absolute atomic E-state index is 12.4. The van der Waals surface area contributed by atoms with E-state index in [-0.39, 0.29) is 24.0 Å². The maximum atomic E-state index is 12.4. The number of aryl methyl sites for hydroxylation is 2. The van der Waals surface area contributed by atoms with E-state index in [1.54, 1.807) is 20.0 Å². The fraction of sp³-hybridized carbons (Fsp3) is 0.588. The Morgan fingerprint density at radius 1 is 1.27 bits per heavy atom. The third-order valence-electron chi connectivity index (χ3n) is 4.09. The SMILES string of the molecule is CN=C(NCCNS(=O)(=O)c1cc(C)ccc1C)NCC1CCCS1.I. The van der Waals surface area contributed by atoms with Crippen molar-refractivity contribution in [3.63, 3.8) is 0 Å². The summed E-state index contributed by atoms with van der Waals surface area (Å²) in [5, 5.41) is 7.08. The van der Waals surface area contributed by atoms with Crippen LogP contribution in [-0.2, 0) is 10.0 Å². The molecule has 1 aliphatic rings. The van der Waals surface area contributed by atoms with Gasteiger partial charge >= 0.3 is 0 Å². The van der Waals surface area contributed by atoms with Crippen molar-refractivity contribution in [2.24, 2.45) is 4.99 Å². The molecule has 26 heavy (non-hydrogen) atoms. The number of rotatable bonds is 7. The van der Waals surface area contributed by atoms with Crippen LogP contribution >= 0.6 is 35.7 Å². The molecular weight excluding hydrogens is 483 g/mol. The third-order valence-corrected chi connectivity index (χ3v) is 7.09. The monoisotopic (exact) mass is 512 g/mol. The number of aliphatic imine (C=N–C) groups is 1. The molecule has 1 fully saturated rings. The van der Waals surface area contributed by atoms with Gasteiger partial charge in [0.1, 0.15) is 0 Å². The lowest BCUT2D eigenvalue weighted by atomic mass is 10.2. The third kappa shape index (κ3) is 7.24. The zero-order valence-electron chi connectivity index (χ0n) is 15.5. The second kappa shape index (κ2) is 11.4. The minimum absolute atomic E-state index is 0. The van der Waals surface area contributed by atoms with Gasteiger partial charge in [-0.25, -0.2) is 13.1 Å². The van der Waals surface area contributed by atoms with Crippen LogP contribution in [0.5, 0.6) is 0 Å². The molecule has 1 aromatic carbocycles. The molecule has 148 valence electrons. The van der Waals surface area contributed by atoms with E-state index in [2.05, 4.69) is 20.3 Å². The number of hydrogen-bond donors (Lipinski definition) is 3. The van der Waals surface area contributed by atoms with Crippen molar-refractivity contribution in [3.05, 3.63) is 29.3 Å². The summed E-state index contributed by atoms with van der Waals surface area (Å²) in [4.78, 5) is 4.52. The second-order valence-electron chi connectivity index (χ2n) is 6.18. The van der Waals surface area contributed by atoms with Gasteiger partial charge in [0.15, 0.2) is 5.96 Å². The van der Waals surface area contributed by atoms with Gasteiger partial charge in [-0.2, -0.15) is 11.8 Å². The summed E-state index contributed by atoms with van der Waals surface area (Å²) in [6, 6.07) is 5.44. The van der Waals surface area contributed by atoms with Crippen LogP contribution in [-0.4, -0.2) is 52.1 Å². The van der Waals surface area contributed by atoms with Crippen molar-refractivity contribution in [1.82, 2.24) is 15.4 Å². The summed E-state index contributed by atoms with van der Waals surface area (Å²) in [7, 11) is -1.78. The van der Waals surface area contributed by atoms with Crippen molar-refractivity contribution in [2.45, 2.75) is 36.8 Å². The molecule has 0 aromatic heterocycles. The first-order chi connectivity index (χ1) is 11.9. The standard InChI is InChI=1S/C17H28N4O2S2.HI/c1-13-6-7-14(2)16(11-13)25(22,23)21-9-8-19-17(18-3)20-12-15-5-4-10-24-15;/h6-7,11,15,21H,4-5,8-10,12H2,1-3H3,(H2,18,19,20);1H. The van der Waals surface area contributed by atoms with Crippen LogP contribution in [0, 0.1) is 13.8 Å². The molecule has 1 heterocycles. The molecule has 1 atom stereocenters. The number of guanidine groups is 1. The Hall–Kier alpha value is -0.520. The minimum atomic E-state index is -3.50. The molecule has 0 bridgehead atoms. The van der Waals surface area contributed by atoms with E-state index < -0.39 is 10.0 Å². The Balaban J connectivity index is 0.00000338. The quantitative estimate of drug-likeness (QED) is 0.226. The van der Waals surface area contributed by atoms with Gasteiger partial charge in [0, 0.05) is 31.9 Å². The Labute approximate surface area is 178 Å². The number of thioether (sulfide) groups is 1. The van der Waals surface area contributed by atoms with E-state index in [1.165, 1.54) is 18.6 Å². The van der Waals surface area contributed by atoms with E-state index in [0.717, 1.165) is 17.7 Å². The lowest BCUT2D eigenvalue weighted by molar-refractivity contribution is 0.579. The highest BCUT2D eigenvalue weighted by molar-refractivity contribution is 14.0. The summed E-state index contributed by atoms with van der Waals surface area (Å²) in [5.74, 6) is 1.94. The Kier molecular flexibility index (Phi) is 10.3. The predicted molar refractivity (Wildman–Crippen MR) is 121 cm³/mol. The molecule has 1 saturated heterocycles. The molecule has 0 amide bonds. The van der Waals surface area contributed by atoms with Crippen molar-refractivity contribution in [3.8, 4) is 0 Å². The molecule has 1 unspecified atom stereocenters. The van der Waals surface area contributed by atoms with E-state index in [1.807, 2.05) is 30.8 Å². The van der Waals surface area contributed by atoms with Gasteiger partial charge in [-0.05, 0) is 49.6 Å². The van der Waals surface area contributed by atoms with Gasteiger partial charge in [0.25, 0.3) is 0 Å². The van der Waals surface area contributed by atoms with Crippen LogP contribution in [0.2, 0.25) is 0 Å². The van der Waals surface area contributed by atoms with Gasteiger partial charge in [0.05, 0.1) is 4.90 Å². The zero-order valence-corrected chi connectivity index (χ0v) is 19.5. The number of halogens is 1. The largest absolute Gasteiger partial charge is 0.355 e. The van der Waals surface area contributed by atoms with E-state index in [4.69, 9.17) is 0 Å². The highest BCUT2D eigenvalue weighted by Gasteiger charge is 2.17. The Morgan fingerprint density at radius 2 is 2.04 bits per heavy atom. The number of benzene rings is 1. The normalized spacial score (nSPS) is 17.7. The van der Waals surface area contributed by atoms with Gasteiger partial charge in [-0.15, -0.1) is 24.0 Å². The molecule has 9 heteroatoms. The molecule has 0 saturated carbocycles. The van der Waals surface area contributed by atoms with E-state index >= 15 is 0 Å². The molecular formula is C17H29IN4O2S2. The Morgan fingerprint density at radius 3 is 2.69 bits per heavy atom. The Bertz CT molecular complexity index is 705. The average molecular weight is 512 g/mol. The lowest BCUT2D eigenvalue weighted by Crippen LogP contribution is -2.43. The van der Waals surface area contributed by atoms with Crippen LogP contribution < -0.4 is 15.4 Å². The fourth-order valence-corrected chi connectivity index (χ4v) is 5.24. The first kappa shape index (κ1) is 23.5. The maximum Gasteiger partial charge on any atom is 0.240 e. The molecule has 2 rings (SSSR count). The number of hydrogen-bond acceptors (Lipinski definition) is 4. The van der Waals surface area contributed by atoms with Crippen LogP contribution in [0.4, 0.5) is 0 Å². The van der Waals surface area contributed by atoms with E-state index in [9.17, 15) is 8.42 Å². The van der Waals surface area contributed by atoms with Crippen molar-refractivity contribution >= 4 is 51.7 Å². The highest BCUT2D eigenvalue weighted by Crippen LogP contribution is 2.25. The molecule has 0 aliphatic carbocycles. The number of nitrogens with zero attached hydrogens (tertiary/aromatic N) is 1. The van der Waals surface area contributed by atoms with E-state index in [0.29, 0.717) is 29.2 Å². The highest BCUT2D eigenvalue weighted by atomic mass is 127. The smallest absolute Gasteiger partial charge is 0.240 e. The predicted octanol–water partition coefficient (Wildman–Crippen LogP) is 2.26. The van der Waals surface area contributed by atoms with Gasteiger partial charge in [-0.3, -0.25) is 4.99 Å². The van der Waals surface area contributed by atoms with Crippen molar-refractivity contribution in [2.75, 3.05) is 32.4 Å². The minimum Gasteiger partial charge on any atom is -0.355 e. The second-order valence-corrected chi connectivity index (χ2v) is 9.33. The molecule has 3 N–H and O–H groups in total. The van der Waals surface area contributed by atoms with Crippen LogP contribution in [0.25, 0.3) is 0 Å². The molecule has 0 radical (unpaired) electrons. The van der Waals surface area contributed by atoms with Gasteiger partial charge in [0.2, 0.25) is 10.0 Å². The van der Waals surface area contributed by atoms with Crippen molar-refractivity contribution in [1.29, 1.82) is 0 Å². The van der Waals surface area contributed by atoms with Gasteiger partial charge in [-0.1, -0.05) is 12.1 Å². The van der Waals surface area contributed by atoms with Gasteiger partial charge < -0.3 is 10.6 Å². The summed E-state index contributed by atoms with van der Waals surface area (Å²) in [5.41, 5.74) is 1.68. The molecule has 1 aromatic rings. The summed E-state index contributed by atoms with van der Waals surface area (Å²) in [6.07, 6.45) is 2.52. The molecule has 1 aliphatic heterocycles. The number of sulfonamides is 1. The lowest BCUT2D eigenvalue weighted by Gasteiger charge is -2.15. The first-order valence-corrected chi connectivity index (χ1v) is 11.1. The summed E-state index contributed by atoms with van der Waals surface area (Å²) in [6.45, 7) is 5.35. The topological polar surface area (TPSA) is 82.6 Å². The molecule has 6 nitrogen and oxygen atoms in total. The zero-order chi connectivity index (χ0) is 18.3. The van der Waals surface area contributed by atoms with Crippen LogP contribution in [0.1, 0.15) is 24.0 Å². The fourth-order valence-electron chi connectivity index (χ4n) is 2.68.